The Labute approximate surface area is 162 Å². The summed E-state index contributed by atoms with van der Waals surface area (Å²) in [6.45, 7) is 6.51. The van der Waals surface area contributed by atoms with Crippen LogP contribution in [-0.2, 0) is 0 Å². The zero-order valence-electron chi connectivity index (χ0n) is 16.2. The van der Waals surface area contributed by atoms with Crippen LogP contribution in [0.3, 0.4) is 0 Å². The highest BCUT2D eigenvalue weighted by molar-refractivity contribution is 5.87. The maximum absolute atomic E-state index is 2.24. The van der Waals surface area contributed by atoms with E-state index in [0.717, 1.165) is 0 Å². The van der Waals surface area contributed by atoms with Gasteiger partial charge in [0.05, 0.1) is 0 Å². The molecule has 4 rings (SSSR count). The van der Waals surface area contributed by atoms with Gasteiger partial charge in [0.2, 0.25) is 0 Å². The molecule has 0 saturated heterocycles. The van der Waals surface area contributed by atoms with Crippen LogP contribution >= 0.6 is 0 Å². The maximum Gasteiger partial charge on any atom is -0.00735 e. The molecular formula is C27H24. The molecule has 0 heterocycles. The van der Waals surface area contributed by atoms with Crippen LogP contribution in [-0.4, -0.2) is 0 Å². The predicted octanol–water partition coefficient (Wildman–Crippen LogP) is 7.61. The minimum Gasteiger partial charge on any atom is -0.0620 e. The monoisotopic (exact) mass is 348 g/mol. The molecule has 0 fully saturated rings. The molecule has 0 aliphatic heterocycles. The first-order valence-corrected chi connectivity index (χ1v) is 9.46. The molecule has 4 aromatic rings. The van der Waals surface area contributed by atoms with Crippen LogP contribution in [0.25, 0.3) is 33.4 Å². The van der Waals surface area contributed by atoms with Crippen molar-refractivity contribution in [3.05, 3.63) is 108 Å². The Morgan fingerprint density at radius 1 is 0.407 bits per heavy atom. The van der Waals surface area contributed by atoms with Crippen LogP contribution in [0.1, 0.15) is 16.7 Å². The van der Waals surface area contributed by atoms with Crippen LogP contribution in [0, 0.1) is 20.8 Å². The third kappa shape index (κ3) is 3.44. The average Bonchev–Trinajstić information content (AvgIpc) is 2.69. The van der Waals surface area contributed by atoms with E-state index >= 15 is 0 Å². The summed E-state index contributed by atoms with van der Waals surface area (Å²) in [6, 6.07) is 32.9. The smallest absolute Gasteiger partial charge is 0.00735 e. The van der Waals surface area contributed by atoms with Gasteiger partial charge in [0.15, 0.2) is 0 Å². The Morgan fingerprint density at radius 3 is 1.59 bits per heavy atom. The largest absolute Gasteiger partial charge is 0.0620 e. The molecule has 0 atom stereocenters. The topological polar surface area (TPSA) is 0 Å². The van der Waals surface area contributed by atoms with Crippen molar-refractivity contribution in [1.29, 1.82) is 0 Å². The normalized spacial score (nSPS) is 10.8. The second kappa shape index (κ2) is 7.25. The van der Waals surface area contributed by atoms with Gasteiger partial charge in [-0.15, -0.1) is 0 Å². The summed E-state index contributed by atoms with van der Waals surface area (Å²) in [5, 5.41) is 0. The fourth-order valence-electron chi connectivity index (χ4n) is 3.71. The summed E-state index contributed by atoms with van der Waals surface area (Å²) < 4.78 is 0. The molecule has 132 valence electrons. The maximum atomic E-state index is 2.24. The van der Waals surface area contributed by atoms with Gasteiger partial charge < -0.3 is 0 Å². The second-order valence-corrected chi connectivity index (χ2v) is 7.26. The van der Waals surface area contributed by atoms with Crippen molar-refractivity contribution >= 4 is 0 Å². The van der Waals surface area contributed by atoms with Crippen molar-refractivity contribution in [1.82, 2.24) is 0 Å². The van der Waals surface area contributed by atoms with E-state index in [1.54, 1.807) is 0 Å². The Bertz CT molecular complexity index is 1070. The highest BCUT2D eigenvalue weighted by atomic mass is 14.2. The van der Waals surface area contributed by atoms with Crippen molar-refractivity contribution in [2.45, 2.75) is 20.8 Å². The van der Waals surface area contributed by atoms with Gasteiger partial charge in [0, 0.05) is 0 Å². The van der Waals surface area contributed by atoms with Crippen molar-refractivity contribution in [2.75, 3.05) is 0 Å². The van der Waals surface area contributed by atoms with E-state index in [2.05, 4.69) is 112 Å². The van der Waals surface area contributed by atoms with Gasteiger partial charge in [-0.2, -0.15) is 0 Å². The molecule has 0 nitrogen and oxygen atoms in total. The van der Waals surface area contributed by atoms with Crippen LogP contribution in [0.2, 0.25) is 0 Å². The first kappa shape index (κ1) is 17.3. The molecule has 0 aromatic heterocycles. The molecule has 0 N–H and O–H groups in total. The summed E-state index contributed by atoms with van der Waals surface area (Å²) in [5.41, 5.74) is 11.6. The Hall–Kier alpha value is -3.12. The van der Waals surface area contributed by atoms with Crippen LogP contribution in [0.15, 0.2) is 91.0 Å². The third-order valence-electron chi connectivity index (χ3n) is 5.27. The molecule has 4 aromatic carbocycles. The van der Waals surface area contributed by atoms with Crippen LogP contribution < -0.4 is 0 Å². The molecule has 0 aliphatic rings. The minimum absolute atomic E-state index is 1.25. The molecule has 0 unspecified atom stereocenters. The fraction of sp³-hybridized carbons (Fsp3) is 0.111. The van der Waals surface area contributed by atoms with Crippen LogP contribution in [0.4, 0.5) is 0 Å². The van der Waals surface area contributed by atoms with E-state index in [1.165, 1.54) is 50.1 Å². The van der Waals surface area contributed by atoms with Crippen molar-refractivity contribution < 1.29 is 0 Å². The summed E-state index contributed by atoms with van der Waals surface area (Å²) in [4.78, 5) is 0. The summed E-state index contributed by atoms with van der Waals surface area (Å²) in [7, 11) is 0. The SMILES string of the molecule is Cc1ccc(-c2ccc(-c3cccc(C)c3-c3ccccc3C)cc2)cc1. The molecule has 0 amide bonds. The second-order valence-electron chi connectivity index (χ2n) is 7.26. The molecule has 0 saturated carbocycles. The van der Waals surface area contributed by atoms with Gasteiger partial charge in [0.25, 0.3) is 0 Å². The Morgan fingerprint density at radius 2 is 0.926 bits per heavy atom. The van der Waals surface area contributed by atoms with Crippen molar-refractivity contribution in [3.8, 4) is 33.4 Å². The summed E-state index contributed by atoms with van der Waals surface area (Å²) in [6.07, 6.45) is 0. The Balaban J connectivity index is 1.79. The lowest BCUT2D eigenvalue weighted by Crippen LogP contribution is -1.91. The lowest BCUT2D eigenvalue weighted by molar-refractivity contribution is 1.40. The molecular weight excluding hydrogens is 324 g/mol. The van der Waals surface area contributed by atoms with E-state index in [0.29, 0.717) is 0 Å². The lowest BCUT2D eigenvalue weighted by Gasteiger charge is -2.16. The quantitative estimate of drug-likeness (QED) is 0.357. The Kier molecular flexibility index (Phi) is 4.64. The van der Waals surface area contributed by atoms with Gasteiger partial charge in [0.1, 0.15) is 0 Å². The van der Waals surface area contributed by atoms with E-state index in [-0.39, 0.29) is 0 Å². The summed E-state index contributed by atoms with van der Waals surface area (Å²) >= 11 is 0. The molecule has 0 heteroatoms. The molecule has 0 bridgehead atoms. The highest BCUT2D eigenvalue weighted by Gasteiger charge is 2.12. The van der Waals surface area contributed by atoms with E-state index in [1.807, 2.05) is 0 Å². The molecule has 27 heavy (non-hydrogen) atoms. The average molecular weight is 348 g/mol. The first-order valence-electron chi connectivity index (χ1n) is 9.46. The minimum atomic E-state index is 1.25. The van der Waals surface area contributed by atoms with Gasteiger partial charge in [-0.25, -0.2) is 0 Å². The number of hydrogen-bond acceptors (Lipinski definition) is 0. The van der Waals surface area contributed by atoms with E-state index in [9.17, 15) is 0 Å². The van der Waals surface area contributed by atoms with E-state index in [4.69, 9.17) is 0 Å². The standard InChI is InChI=1S/C27H24/c1-19-11-13-22(14-12-19)23-15-17-24(18-16-23)26-10-6-8-21(3)27(26)25-9-5-4-7-20(25)2/h4-18H,1-3H3. The van der Waals surface area contributed by atoms with Gasteiger partial charge in [-0.05, 0) is 65.3 Å². The van der Waals surface area contributed by atoms with Crippen LogP contribution in [0.5, 0.6) is 0 Å². The zero-order valence-corrected chi connectivity index (χ0v) is 16.2. The number of benzene rings is 4. The molecule has 0 radical (unpaired) electrons. The first-order chi connectivity index (χ1) is 13.1. The van der Waals surface area contributed by atoms with Gasteiger partial charge in [-0.3, -0.25) is 0 Å². The molecule has 0 aliphatic carbocycles. The number of hydrogen-bond donors (Lipinski definition) is 0. The zero-order chi connectivity index (χ0) is 18.8. The van der Waals surface area contributed by atoms with Gasteiger partial charge >= 0.3 is 0 Å². The highest BCUT2D eigenvalue weighted by Crippen LogP contribution is 2.37. The van der Waals surface area contributed by atoms with Crippen molar-refractivity contribution in [3.63, 3.8) is 0 Å². The molecule has 0 spiro atoms. The van der Waals surface area contributed by atoms with Crippen molar-refractivity contribution in [2.24, 2.45) is 0 Å². The number of rotatable bonds is 3. The van der Waals surface area contributed by atoms with Gasteiger partial charge in [-0.1, -0.05) is 96.6 Å². The number of aryl methyl sites for hydroxylation is 3. The third-order valence-corrected chi connectivity index (χ3v) is 5.27. The fourth-order valence-corrected chi connectivity index (χ4v) is 3.71. The van der Waals surface area contributed by atoms with E-state index < -0.39 is 0 Å². The summed E-state index contributed by atoms with van der Waals surface area (Å²) in [5.74, 6) is 0. The lowest BCUT2D eigenvalue weighted by atomic mass is 9.88. The predicted molar refractivity (Wildman–Crippen MR) is 117 cm³/mol.